The lowest BCUT2D eigenvalue weighted by Gasteiger charge is -2.23. The molecule has 2 unspecified atom stereocenters. The van der Waals surface area contributed by atoms with Crippen LogP contribution in [0.3, 0.4) is 0 Å². The molecule has 1 aliphatic rings. The van der Waals surface area contributed by atoms with Crippen molar-refractivity contribution in [3.05, 3.63) is 29.8 Å². The Hall–Kier alpha value is -0.730. The fourth-order valence-corrected chi connectivity index (χ4v) is 2.74. The zero-order valence-electron chi connectivity index (χ0n) is 11.6. The van der Waals surface area contributed by atoms with Crippen LogP contribution in [0.5, 0.6) is 5.75 Å². The fourth-order valence-electron chi connectivity index (χ4n) is 2.47. The lowest BCUT2D eigenvalue weighted by molar-refractivity contribution is 0.0100. The van der Waals surface area contributed by atoms with Crippen molar-refractivity contribution >= 4 is 11.6 Å². The van der Waals surface area contributed by atoms with Crippen molar-refractivity contribution in [3.8, 4) is 5.75 Å². The van der Waals surface area contributed by atoms with E-state index in [9.17, 15) is 0 Å². The average Bonchev–Trinajstić information content (AvgIpc) is 2.47. The molecular weight excluding hydrogens is 260 g/mol. The molecule has 2 nitrogen and oxygen atoms in total. The summed E-state index contributed by atoms with van der Waals surface area (Å²) in [5.41, 5.74) is 1.17. The van der Waals surface area contributed by atoms with Gasteiger partial charge in [-0.25, -0.2) is 0 Å². The predicted octanol–water partition coefficient (Wildman–Crippen LogP) is 4.71. The highest BCUT2D eigenvalue weighted by atomic mass is 35.5. The van der Waals surface area contributed by atoms with E-state index in [1.165, 1.54) is 24.8 Å². The number of ether oxygens (including phenoxy) is 2. The van der Waals surface area contributed by atoms with E-state index in [0.717, 1.165) is 25.2 Å². The van der Waals surface area contributed by atoms with Gasteiger partial charge in [0.2, 0.25) is 0 Å². The Morgan fingerprint density at radius 1 is 1.32 bits per heavy atom. The number of rotatable bonds is 6. The summed E-state index contributed by atoms with van der Waals surface area (Å²) in [6, 6.07) is 8.10. The minimum atomic E-state index is 0.0706. The molecule has 0 amide bonds. The van der Waals surface area contributed by atoms with Crippen molar-refractivity contribution in [1.82, 2.24) is 0 Å². The van der Waals surface area contributed by atoms with Gasteiger partial charge in [-0.1, -0.05) is 12.1 Å². The summed E-state index contributed by atoms with van der Waals surface area (Å²) in [5.74, 6) is 0.908. The molecule has 1 aliphatic heterocycles. The maximum absolute atomic E-state index is 6.46. The second-order valence-electron chi connectivity index (χ2n) is 5.04. The average molecular weight is 283 g/mol. The van der Waals surface area contributed by atoms with Gasteiger partial charge in [-0.15, -0.1) is 11.6 Å². The second-order valence-corrected chi connectivity index (χ2v) is 5.56. The van der Waals surface area contributed by atoms with E-state index < -0.39 is 0 Å². The Balaban J connectivity index is 1.79. The lowest BCUT2D eigenvalue weighted by Crippen LogP contribution is -2.19. The van der Waals surface area contributed by atoms with E-state index in [2.05, 4.69) is 12.1 Å². The van der Waals surface area contributed by atoms with Crippen LogP contribution in [-0.2, 0) is 4.74 Å². The Kier molecular flexibility index (Phi) is 5.99. The van der Waals surface area contributed by atoms with E-state index in [0.29, 0.717) is 12.7 Å². The first-order valence-electron chi connectivity index (χ1n) is 7.28. The highest BCUT2D eigenvalue weighted by Gasteiger charge is 2.16. The van der Waals surface area contributed by atoms with Gasteiger partial charge in [-0.2, -0.15) is 0 Å². The molecule has 0 radical (unpaired) electrons. The van der Waals surface area contributed by atoms with Gasteiger partial charge in [0.1, 0.15) is 5.75 Å². The molecule has 1 heterocycles. The third-order valence-corrected chi connectivity index (χ3v) is 4.04. The van der Waals surface area contributed by atoms with Gasteiger partial charge in [0.25, 0.3) is 0 Å². The molecule has 0 N–H and O–H groups in total. The first kappa shape index (κ1) is 14.7. The van der Waals surface area contributed by atoms with Crippen LogP contribution in [-0.4, -0.2) is 19.3 Å². The third kappa shape index (κ3) is 4.70. The maximum Gasteiger partial charge on any atom is 0.119 e. The number of hydrogen-bond acceptors (Lipinski definition) is 2. The third-order valence-electron chi connectivity index (χ3n) is 3.57. The molecule has 1 fully saturated rings. The molecule has 0 aromatic heterocycles. The summed E-state index contributed by atoms with van der Waals surface area (Å²) in [7, 11) is 0. The van der Waals surface area contributed by atoms with Crippen LogP contribution in [0.4, 0.5) is 0 Å². The topological polar surface area (TPSA) is 18.5 Å². The van der Waals surface area contributed by atoms with E-state index in [4.69, 9.17) is 21.1 Å². The second kappa shape index (κ2) is 7.76. The fraction of sp³-hybridized carbons (Fsp3) is 0.625. The SMILES string of the molecule is CCOc1ccc(C(Cl)CCC2CCCCO2)cc1. The molecular formula is C16H23ClO2. The van der Waals surface area contributed by atoms with Crippen LogP contribution < -0.4 is 4.74 Å². The van der Waals surface area contributed by atoms with Crippen molar-refractivity contribution in [3.63, 3.8) is 0 Å². The van der Waals surface area contributed by atoms with Gasteiger partial charge in [-0.3, -0.25) is 0 Å². The molecule has 0 saturated carbocycles. The molecule has 1 aromatic rings. The van der Waals surface area contributed by atoms with E-state index in [1.54, 1.807) is 0 Å². The molecule has 0 spiro atoms. The van der Waals surface area contributed by atoms with Crippen molar-refractivity contribution < 1.29 is 9.47 Å². The summed E-state index contributed by atoms with van der Waals surface area (Å²) in [4.78, 5) is 0. The summed E-state index contributed by atoms with van der Waals surface area (Å²) in [6.07, 6.45) is 6.13. The quantitative estimate of drug-likeness (QED) is 0.703. The van der Waals surface area contributed by atoms with Gasteiger partial charge >= 0.3 is 0 Å². The summed E-state index contributed by atoms with van der Waals surface area (Å²) in [5, 5.41) is 0.0706. The number of alkyl halides is 1. The molecule has 2 atom stereocenters. The van der Waals surface area contributed by atoms with Crippen LogP contribution in [0.25, 0.3) is 0 Å². The van der Waals surface area contributed by atoms with Gasteiger partial charge in [0, 0.05) is 6.61 Å². The van der Waals surface area contributed by atoms with E-state index in [1.807, 2.05) is 19.1 Å². The first-order valence-corrected chi connectivity index (χ1v) is 7.71. The molecule has 0 aliphatic carbocycles. The van der Waals surface area contributed by atoms with Crippen molar-refractivity contribution in [2.24, 2.45) is 0 Å². The van der Waals surface area contributed by atoms with Gasteiger partial charge < -0.3 is 9.47 Å². The monoisotopic (exact) mass is 282 g/mol. The smallest absolute Gasteiger partial charge is 0.119 e. The lowest BCUT2D eigenvalue weighted by atomic mass is 10.0. The van der Waals surface area contributed by atoms with E-state index >= 15 is 0 Å². The van der Waals surface area contributed by atoms with Crippen molar-refractivity contribution in [1.29, 1.82) is 0 Å². The Morgan fingerprint density at radius 3 is 2.74 bits per heavy atom. The molecule has 1 aromatic carbocycles. The first-order chi connectivity index (χ1) is 9.29. The minimum Gasteiger partial charge on any atom is -0.494 e. The summed E-state index contributed by atoms with van der Waals surface area (Å²) >= 11 is 6.46. The van der Waals surface area contributed by atoms with Crippen molar-refractivity contribution in [2.75, 3.05) is 13.2 Å². The van der Waals surface area contributed by atoms with Gasteiger partial charge in [0.15, 0.2) is 0 Å². The summed E-state index contributed by atoms with van der Waals surface area (Å²) < 4.78 is 11.2. The normalized spacial score (nSPS) is 21.1. The van der Waals surface area contributed by atoms with Crippen LogP contribution >= 0.6 is 11.6 Å². The van der Waals surface area contributed by atoms with Gasteiger partial charge in [0.05, 0.1) is 18.1 Å². The molecule has 3 heteroatoms. The zero-order chi connectivity index (χ0) is 13.5. The number of hydrogen-bond donors (Lipinski definition) is 0. The van der Waals surface area contributed by atoms with Gasteiger partial charge in [-0.05, 0) is 56.7 Å². The Bertz CT molecular complexity index is 358. The van der Waals surface area contributed by atoms with E-state index in [-0.39, 0.29) is 5.38 Å². The molecule has 1 saturated heterocycles. The minimum absolute atomic E-state index is 0.0706. The van der Waals surface area contributed by atoms with Crippen LogP contribution in [0.1, 0.15) is 50.0 Å². The molecule has 2 rings (SSSR count). The Morgan fingerprint density at radius 2 is 2.11 bits per heavy atom. The zero-order valence-corrected chi connectivity index (χ0v) is 12.4. The predicted molar refractivity (Wildman–Crippen MR) is 79.0 cm³/mol. The summed E-state index contributed by atoms with van der Waals surface area (Å²) in [6.45, 7) is 3.60. The largest absolute Gasteiger partial charge is 0.494 e. The standard InChI is InChI=1S/C16H23ClO2/c1-2-18-15-8-6-13(7-9-15)16(17)11-10-14-5-3-4-12-19-14/h6-9,14,16H,2-5,10-12H2,1H3. The highest BCUT2D eigenvalue weighted by molar-refractivity contribution is 6.20. The molecule has 19 heavy (non-hydrogen) atoms. The maximum atomic E-state index is 6.46. The number of halogens is 1. The molecule has 0 bridgehead atoms. The van der Waals surface area contributed by atoms with Crippen LogP contribution in [0.2, 0.25) is 0 Å². The molecule has 106 valence electrons. The van der Waals surface area contributed by atoms with Crippen LogP contribution in [0, 0.1) is 0 Å². The Labute approximate surface area is 121 Å². The number of benzene rings is 1. The van der Waals surface area contributed by atoms with Crippen LogP contribution in [0.15, 0.2) is 24.3 Å². The van der Waals surface area contributed by atoms with Crippen molar-refractivity contribution in [2.45, 2.75) is 50.5 Å². The highest BCUT2D eigenvalue weighted by Crippen LogP contribution is 2.29.